The molecule has 5 nitrogen and oxygen atoms in total. The Balaban J connectivity index is 2.40. The molecule has 1 heterocycles. The van der Waals surface area contributed by atoms with Crippen molar-refractivity contribution >= 4 is 10.0 Å². The first-order chi connectivity index (χ1) is 6.66. The fraction of sp³-hybridized carbons (Fsp3) is 1.00. The standard InChI is InChI=1S/C9H21N3O2S/c1-9(2,10)7-12-5-4-8(6-12)11-15(3,13)14/h8,11H,4-7,10H2,1-3H3. The molecule has 15 heavy (non-hydrogen) atoms. The van der Waals surface area contributed by atoms with Crippen LogP contribution in [0.4, 0.5) is 0 Å². The lowest BCUT2D eigenvalue weighted by molar-refractivity contribution is 0.267. The lowest BCUT2D eigenvalue weighted by Crippen LogP contribution is -2.45. The molecule has 0 saturated carbocycles. The van der Waals surface area contributed by atoms with Gasteiger partial charge in [-0.1, -0.05) is 0 Å². The maximum Gasteiger partial charge on any atom is 0.208 e. The number of sulfonamides is 1. The summed E-state index contributed by atoms with van der Waals surface area (Å²) in [6.45, 7) is 6.42. The van der Waals surface area contributed by atoms with Crippen molar-refractivity contribution < 1.29 is 8.42 Å². The molecule has 1 atom stereocenters. The number of nitrogens with one attached hydrogen (secondary N) is 1. The van der Waals surface area contributed by atoms with Crippen LogP contribution in [0.15, 0.2) is 0 Å². The first-order valence-corrected chi connectivity index (χ1v) is 7.03. The number of rotatable bonds is 4. The number of hydrogen-bond donors (Lipinski definition) is 2. The van der Waals surface area contributed by atoms with Gasteiger partial charge in [-0.3, -0.25) is 4.90 Å². The van der Waals surface area contributed by atoms with E-state index in [-0.39, 0.29) is 11.6 Å². The van der Waals surface area contributed by atoms with E-state index in [1.807, 2.05) is 13.8 Å². The molecule has 0 aliphatic carbocycles. The van der Waals surface area contributed by atoms with Gasteiger partial charge in [0.05, 0.1) is 6.26 Å². The fourth-order valence-corrected chi connectivity index (χ4v) is 2.75. The van der Waals surface area contributed by atoms with Crippen LogP contribution in [0.3, 0.4) is 0 Å². The van der Waals surface area contributed by atoms with E-state index in [2.05, 4.69) is 9.62 Å². The minimum Gasteiger partial charge on any atom is -0.324 e. The van der Waals surface area contributed by atoms with Crippen LogP contribution in [0, 0.1) is 0 Å². The number of likely N-dealkylation sites (tertiary alicyclic amines) is 1. The number of nitrogens with two attached hydrogens (primary N) is 1. The predicted octanol–water partition coefficient (Wildman–Crippen LogP) is -0.653. The Morgan fingerprint density at radius 3 is 2.60 bits per heavy atom. The Labute approximate surface area is 92.1 Å². The molecule has 1 unspecified atom stereocenters. The largest absolute Gasteiger partial charge is 0.324 e. The molecule has 1 aliphatic heterocycles. The molecule has 0 aromatic carbocycles. The zero-order valence-corrected chi connectivity index (χ0v) is 10.5. The van der Waals surface area contributed by atoms with E-state index in [9.17, 15) is 8.42 Å². The van der Waals surface area contributed by atoms with Crippen molar-refractivity contribution in [2.45, 2.75) is 31.8 Å². The normalized spacial score (nSPS) is 24.7. The third-order valence-electron chi connectivity index (χ3n) is 2.28. The van der Waals surface area contributed by atoms with Gasteiger partial charge >= 0.3 is 0 Å². The van der Waals surface area contributed by atoms with Crippen molar-refractivity contribution in [1.82, 2.24) is 9.62 Å². The molecular weight excluding hydrogens is 214 g/mol. The first kappa shape index (κ1) is 12.9. The van der Waals surface area contributed by atoms with Crippen LogP contribution in [0.5, 0.6) is 0 Å². The van der Waals surface area contributed by atoms with Crippen molar-refractivity contribution in [3.8, 4) is 0 Å². The molecule has 0 aromatic rings. The Hall–Kier alpha value is -0.170. The van der Waals surface area contributed by atoms with Gasteiger partial charge in [-0.2, -0.15) is 0 Å². The molecule has 0 spiro atoms. The van der Waals surface area contributed by atoms with Crippen LogP contribution in [0.2, 0.25) is 0 Å². The van der Waals surface area contributed by atoms with Crippen LogP contribution >= 0.6 is 0 Å². The zero-order valence-electron chi connectivity index (χ0n) is 9.66. The van der Waals surface area contributed by atoms with E-state index < -0.39 is 10.0 Å². The average molecular weight is 235 g/mol. The van der Waals surface area contributed by atoms with E-state index in [1.165, 1.54) is 6.26 Å². The lowest BCUT2D eigenvalue weighted by Gasteiger charge is -2.26. The molecule has 0 aromatic heterocycles. The van der Waals surface area contributed by atoms with Gasteiger partial charge in [-0.15, -0.1) is 0 Å². The summed E-state index contributed by atoms with van der Waals surface area (Å²) < 4.78 is 24.7. The summed E-state index contributed by atoms with van der Waals surface area (Å²) in [5.74, 6) is 0. The molecule has 1 fully saturated rings. The molecule has 1 rings (SSSR count). The zero-order chi connectivity index (χ0) is 11.7. The van der Waals surface area contributed by atoms with Crippen LogP contribution < -0.4 is 10.5 Å². The third kappa shape index (κ3) is 5.46. The van der Waals surface area contributed by atoms with Crippen molar-refractivity contribution in [2.75, 3.05) is 25.9 Å². The molecule has 6 heteroatoms. The highest BCUT2D eigenvalue weighted by Gasteiger charge is 2.27. The molecule has 0 bridgehead atoms. The van der Waals surface area contributed by atoms with Crippen LogP contribution in [-0.2, 0) is 10.0 Å². The lowest BCUT2D eigenvalue weighted by atomic mass is 10.1. The summed E-state index contributed by atoms with van der Waals surface area (Å²) in [4.78, 5) is 2.20. The number of nitrogens with zero attached hydrogens (tertiary/aromatic N) is 1. The van der Waals surface area contributed by atoms with Crippen molar-refractivity contribution in [3.05, 3.63) is 0 Å². The van der Waals surface area contributed by atoms with Gasteiger partial charge in [0.2, 0.25) is 10.0 Å². The van der Waals surface area contributed by atoms with Gasteiger partial charge in [0, 0.05) is 24.7 Å². The van der Waals surface area contributed by atoms with Crippen molar-refractivity contribution in [1.29, 1.82) is 0 Å². The van der Waals surface area contributed by atoms with Gasteiger partial charge in [0.25, 0.3) is 0 Å². The minimum atomic E-state index is -3.08. The second kappa shape index (κ2) is 4.37. The molecule has 1 aliphatic rings. The van der Waals surface area contributed by atoms with Gasteiger partial charge < -0.3 is 5.73 Å². The molecule has 0 radical (unpaired) electrons. The van der Waals surface area contributed by atoms with E-state index in [0.717, 1.165) is 26.1 Å². The summed E-state index contributed by atoms with van der Waals surface area (Å²) in [5.41, 5.74) is 5.69. The molecule has 0 amide bonds. The smallest absolute Gasteiger partial charge is 0.208 e. The second-order valence-corrected chi connectivity index (χ2v) is 6.88. The second-order valence-electron chi connectivity index (χ2n) is 5.10. The Bertz CT molecular complexity index is 308. The van der Waals surface area contributed by atoms with Gasteiger partial charge in [-0.25, -0.2) is 13.1 Å². The summed E-state index contributed by atoms with van der Waals surface area (Å²) in [6, 6.07) is 0.0438. The summed E-state index contributed by atoms with van der Waals surface area (Å²) >= 11 is 0. The van der Waals surface area contributed by atoms with E-state index in [1.54, 1.807) is 0 Å². The Kier molecular flexibility index (Phi) is 3.76. The highest BCUT2D eigenvalue weighted by molar-refractivity contribution is 7.88. The topological polar surface area (TPSA) is 75.4 Å². The summed E-state index contributed by atoms with van der Waals surface area (Å²) in [6.07, 6.45) is 2.06. The SMILES string of the molecule is CC(C)(N)CN1CCC(NS(C)(=O)=O)C1. The minimum absolute atomic E-state index is 0.0438. The maximum atomic E-state index is 11.0. The molecule has 1 saturated heterocycles. The van der Waals surface area contributed by atoms with Gasteiger partial charge in [0.1, 0.15) is 0 Å². The van der Waals surface area contributed by atoms with Crippen molar-refractivity contribution in [2.24, 2.45) is 5.73 Å². The Morgan fingerprint density at radius 1 is 1.53 bits per heavy atom. The Morgan fingerprint density at radius 2 is 2.13 bits per heavy atom. The van der Waals surface area contributed by atoms with Gasteiger partial charge in [0.15, 0.2) is 0 Å². The first-order valence-electron chi connectivity index (χ1n) is 5.14. The molecule has 3 N–H and O–H groups in total. The van der Waals surface area contributed by atoms with E-state index >= 15 is 0 Å². The molecule has 90 valence electrons. The highest BCUT2D eigenvalue weighted by atomic mass is 32.2. The van der Waals surface area contributed by atoms with Crippen molar-refractivity contribution in [3.63, 3.8) is 0 Å². The maximum absolute atomic E-state index is 11.0. The van der Waals surface area contributed by atoms with Crippen LogP contribution in [0.1, 0.15) is 20.3 Å². The summed E-state index contributed by atoms with van der Waals surface area (Å²) in [5, 5.41) is 0. The summed E-state index contributed by atoms with van der Waals surface area (Å²) in [7, 11) is -3.08. The molecular formula is C9H21N3O2S. The average Bonchev–Trinajstić information content (AvgIpc) is 2.28. The fourth-order valence-electron chi connectivity index (χ4n) is 1.95. The van der Waals surface area contributed by atoms with Gasteiger partial charge in [-0.05, 0) is 26.8 Å². The van der Waals surface area contributed by atoms with Crippen LogP contribution in [0.25, 0.3) is 0 Å². The highest BCUT2D eigenvalue weighted by Crippen LogP contribution is 2.12. The third-order valence-corrected chi connectivity index (χ3v) is 3.05. The predicted molar refractivity (Wildman–Crippen MR) is 61.1 cm³/mol. The monoisotopic (exact) mass is 235 g/mol. The van der Waals surface area contributed by atoms with E-state index in [0.29, 0.717) is 0 Å². The van der Waals surface area contributed by atoms with E-state index in [4.69, 9.17) is 5.73 Å². The van der Waals surface area contributed by atoms with Crippen LogP contribution in [-0.4, -0.2) is 50.8 Å². The quantitative estimate of drug-likeness (QED) is 0.679. The number of hydrogen-bond acceptors (Lipinski definition) is 4.